The zero-order chi connectivity index (χ0) is 17.4. The van der Waals surface area contributed by atoms with Gasteiger partial charge in [0, 0.05) is 12.2 Å². The molecule has 1 aromatic heterocycles. The van der Waals surface area contributed by atoms with Crippen molar-refractivity contribution in [1.82, 2.24) is 10.2 Å². The molecule has 0 fully saturated rings. The fourth-order valence-electron chi connectivity index (χ4n) is 2.73. The third kappa shape index (κ3) is 2.97. The van der Waals surface area contributed by atoms with Gasteiger partial charge in [-0.1, -0.05) is 23.5 Å². The number of aromatic nitrogens is 2. The Bertz CT molecular complexity index is 825. The second-order valence-corrected chi connectivity index (χ2v) is 6.61. The van der Waals surface area contributed by atoms with E-state index in [0.29, 0.717) is 17.5 Å². The molecule has 4 N–H and O–H groups in total. The van der Waals surface area contributed by atoms with Crippen LogP contribution in [0.3, 0.4) is 0 Å². The van der Waals surface area contributed by atoms with E-state index in [4.69, 9.17) is 10.4 Å². The van der Waals surface area contributed by atoms with E-state index in [1.54, 1.807) is 19.1 Å². The molecule has 124 valence electrons. The van der Waals surface area contributed by atoms with Crippen LogP contribution in [0.2, 0.25) is 5.82 Å². The van der Waals surface area contributed by atoms with Crippen LogP contribution in [0.15, 0.2) is 12.1 Å². The lowest BCUT2D eigenvalue weighted by Crippen LogP contribution is -2.36. The number of nitrogens with two attached hydrogens (primary N) is 1. The van der Waals surface area contributed by atoms with E-state index in [-0.39, 0.29) is 33.7 Å². The van der Waals surface area contributed by atoms with Crippen LogP contribution in [0, 0.1) is 6.92 Å². The van der Waals surface area contributed by atoms with E-state index in [1.807, 2.05) is 0 Å². The van der Waals surface area contributed by atoms with Gasteiger partial charge in [0.05, 0.1) is 0 Å². The van der Waals surface area contributed by atoms with Crippen LogP contribution >= 0.6 is 11.3 Å². The molecule has 2 heterocycles. The summed E-state index contributed by atoms with van der Waals surface area (Å²) in [5.41, 5.74) is 6.70. The van der Waals surface area contributed by atoms with E-state index < -0.39 is 18.9 Å². The highest BCUT2D eigenvalue weighted by Gasteiger charge is 2.38. The Morgan fingerprint density at radius 1 is 1.46 bits per heavy atom. The monoisotopic (exact) mass is 347 g/mol. The van der Waals surface area contributed by atoms with Gasteiger partial charge in [-0.2, -0.15) is 0 Å². The second-order valence-electron chi connectivity index (χ2n) is 5.60. The minimum absolute atomic E-state index is 0.00548. The molecule has 0 saturated heterocycles. The highest BCUT2D eigenvalue weighted by molar-refractivity contribution is 7.16. The molecule has 1 atom stereocenters. The second kappa shape index (κ2) is 6.21. The molecule has 0 unspecified atom stereocenters. The quantitative estimate of drug-likeness (QED) is 0.554. The molecule has 24 heavy (non-hydrogen) atoms. The molecule has 0 amide bonds. The molecule has 0 saturated carbocycles. The summed E-state index contributed by atoms with van der Waals surface area (Å²) in [5.74, 6) is -1.74. The van der Waals surface area contributed by atoms with Crippen LogP contribution in [0.25, 0.3) is 0 Å². The number of ketones is 1. The average molecular weight is 347 g/mol. The van der Waals surface area contributed by atoms with Crippen LogP contribution < -0.4 is 10.4 Å². The van der Waals surface area contributed by atoms with Gasteiger partial charge in [-0.3, -0.25) is 4.79 Å². The molecular formula is C14H14BN3O5S. The molecule has 1 aromatic carbocycles. The molecule has 10 heteroatoms. The summed E-state index contributed by atoms with van der Waals surface area (Å²) in [5, 5.41) is 27.2. The number of nitrogen functional groups attached to an aromatic ring is 1. The maximum atomic E-state index is 12.2. The van der Waals surface area contributed by atoms with Crippen molar-refractivity contribution in [2.24, 2.45) is 0 Å². The van der Waals surface area contributed by atoms with Gasteiger partial charge in [0.2, 0.25) is 5.13 Å². The number of aryl methyl sites for hydroxylation is 1. The molecule has 1 aliphatic heterocycles. The van der Waals surface area contributed by atoms with Crippen molar-refractivity contribution in [2.75, 3.05) is 5.73 Å². The third-order valence-corrected chi connectivity index (χ3v) is 4.71. The number of carboxylic acids is 1. The van der Waals surface area contributed by atoms with Crippen molar-refractivity contribution in [3.63, 3.8) is 0 Å². The van der Waals surface area contributed by atoms with Crippen molar-refractivity contribution >= 4 is 35.3 Å². The molecule has 1 aliphatic rings. The molecule has 0 aliphatic carbocycles. The van der Waals surface area contributed by atoms with Gasteiger partial charge in [-0.25, -0.2) is 4.79 Å². The third-order valence-electron chi connectivity index (χ3n) is 3.91. The molecule has 0 spiro atoms. The van der Waals surface area contributed by atoms with Gasteiger partial charge >= 0.3 is 13.1 Å². The predicted octanol–water partition coefficient (Wildman–Crippen LogP) is 1.19. The van der Waals surface area contributed by atoms with Crippen LogP contribution in [0.5, 0.6) is 5.75 Å². The Hall–Kier alpha value is -2.46. The number of aromatic carboxylic acids is 1. The van der Waals surface area contributed by atoms with Crippen molar-refractivity contribution in [3.8, 4) is 5.75 Å². The number of carbonyl (C=O) groups excluding carboxylic acids is 1. The summed E-state index contributed by atoms with van der Waals surface area (Å²) < 4.78 is 5.42. The lowest BCUT2D eigenvalue weighted by atomic mass is 9.64. The Morgan fingerprint density at radius 3 is 2.83 bits per heavy atom. The topological polar surface area (TPSA) is 136 Å². The van der Waals surface area contributed by atoms with Gasteiger partial charge in [-0.15, -0.1) is 10.2 Å². The summed E-state index contributed by atoms with van der Waals surface area (Å²) in [6, 6.07) is 3.44. The number of anilines is 1. The van der Waals surface area contributed by atoms with Crippen molar-refractivity contribution in [1.29, 1.82) is 0 Å². The number of nitrogens with zero attached hydrogens (tertiary/aromatic N) is 2. The van der Waals surface area contributed by atoms with Gasteiger partial charge in [-0.05, 0) is 24.5 Å². The fraction of sp³-hybridized carbons (Fsp3) is 0.286. The SMILES string of the molecule is Cc1ccc2c(c1C(=O)O)OB(O)[C@@H](CC(=O)c1nnc(N)s1)C2. The number of rotatable bonds is 4. The lowest BCUT2D eigenvalue weighted by molar-refractivity contribution is 0.0692. The number of benzene rings is 1. The smallest absolute Gasteiger partial charge is 0.526 e. The summed E-state index contributed by atoms with van der Waals surface area (Å²) >= 11 is 0.985. The molecular weight excluding hydrogens is 333 g/mol. The van der Waals surface area contributed by atoms with Gasteiger partial charge < -0.3 is 20.5 Å². The van der Waals surface area contributed by atoms with E-state index in [1.165, 1.54) is 0 Å². The van der Waals surface area contributed by atoms with Crippen LogP contribution in [-0.4, -0.2) is 39.2 Å². The first-order valence-electron chi connectivity index (χ1n) is 7.19. The predicted molar refractivity (Wildman–Crippen MR) is 87.5 cm³/mol. The van der Waals surface area contributed by atoms with Gasteiger partial charge in [0.15, 0.2) is 10.8 Å². The fourth-order valence-corrected chi connectivity index (χ4v) is 3.29. The number of hydrogen-bond acceptors (Lipinski definition) is 8. The Morgan fingerprint density at radius 2 is 2.21 bits per heavy atom. The minimum atomic E-state index is -1.27. The zero-order valence-electron chi connectivity index (χ0n) is 12.7. The first-order chi connectivity index (χ1) is 11.4. The van der Waals surface area contributed by atoms with E-state index in [2.05, 4.69) is 10.2 Å². The summed E-state index contributed by atoms with van der Waals surface area (Å²) in [6.45, 7) is 1.66. The lowest BCUT2D eigenvalue weighted by Gasteiger charge is -2.28. The molecule has 8 nitrogen and oxygen atoms in total. The van der Waals surface area contributed by atoms with Crippen molar-refractivity contribution in [3.05, 3.63) is 33.8 Å². The minimum Gasteiger partial charge on any atom is -0.535 e. The Kier molecular flexibility index (Phi) is 4.25. The number of carbonyl (C=O) groups is 2. The first kappa shape index (κ1) is 16.4. The van der Waals surface area contributed by atoms with Crippen molar-refractivity contribution < 1.29 is 24.4 Å². The first-order valence-corrected chi connectivity index (χ1v) is 8.01. The van der Waals surface area contributed by atoms with E-state index in [9.17, 15) is 19.7 Å². The highest BCUT2D eigenvalue weighted by atomic mass is 32.1. The molecule has 0 radical (unpaired) electrons. The average Bonchev–Trinajstić information content (AvgIpc) is 2.94. The maximum Gasteiger partial charge on any atom is 0.526 e. The Balaban J connectivity index is 1.84. The number of carboxylic acid groups (broad SMARTS) is 1. The summed E-state index contributed by atoms with van der Waals surface area (Å²) in [6.07, 6.45) is 0.336. The van der Waals surface area contributed by atoms with Crippen LogP contribution in [-0.2, 0) is 6.42 Å². The molecule has 0 bridgehead atoms. The highest BCUT2D eigenvalue weighted by Crippen LogP contribution is 2.38. The zero-order valence-corrected chi connectivity index (χ0v) is 13.5. The van der Waals surface area contributed by atoms with Gasteiger partial charge in [0.1, 0.15) is 11.3 Å². The van der Waals surface area contributed by atoms with Gasteiger partial charge in [0.25, 0.3) is 0 Å². The number of fused-ring (bicyclic) bond motifs is 1. The summed E-state index contributed by atoms with van der Waals surface area (Å²) in [4.78, 5) is 23.6. The standard InChI is InChI=1S/C14H14BN3O5S/c1-6-2-3-7-4-8(5-9(19)12-17-18-14(16)24-12)15(22)23-11(7)10(6)13(20)21/h2-3,8,22H,4-5H2,1H3,(H2,16,18)(H,20,21)/t8-/m1/s1. The van der Waals surface area contributed by atoms with Crippen LogP contribution in [0.1, 0.15) is 37.7 Å². The molecule has 2 aromatic rings. The van der Waals surface area contributed by atoms with E-state index >= 15 is 0 Å². The van der Waals surface area contributed by atoms with E-state index in [0.717, 1.165) is 11.3 Å². The normalized spacial score (nSPS) is 16.4. The van der Waals surface area contributed by atoms with Crippen molar-refractivity contribution in [2.45, 2.75) is 25.6 Å². The summed E-state index contributed by atoms with van der Waals surface area (Å²) in [7, 11) is -1.27. The Labute approximate surface area is 141 Å². The number of hydrogen-bond donors (Lipinski definition) is 3. The van der Waals surface area contributed by atoms with Crippen LogP contribution in [0.4, 0.5) is 5.13 Å². The largest absolute Gasteiger partial charge is 0.535 e. The number of Topliss-reactive ketones (excluding diaryl/α,β-unsaturated/α-hetero) is 1. The molecule has 3 rings (SSSR count). The maximum absolute atomic E-state index is 12.2.